The van der Waals surface area contributed by atoms with Crippen LogP contribution in [0.25, 0.3) is 0 Å². The Kier molecular flexibility index (Phi) is 9.51. The highest BCUT2D eigenvalue weighted by atomic mass is 16.5. The van der Waals surface area contributed by atoms with Crippen LogP contribution in [-0.4, -0.2) is 30.3 Å². The minimum Gasteiger partial charge on any atom is -0.463 e. The second kappa shape index (κ2) is 11.2. The number of cyclic esters (lactones) is 1. The van der Waals surface area contributed by atoms with Crippen LogP contribution in [0, 0.1) is 0 Å². The summed E-state index contributed by atoms with van der Waals surface area (Å²) in [6.45, 7) is 2.38. The van der Waals surface area contributed by atoms with Crippen molar-refractivity contribution in [3.05, 3.63) is 0 Å². The van der Waals surface area contributed by atoms with E-state index in [0.717, 1.165) is 19.3 Å². The first-order valence-electron chi connectivity index (χ1n) is 8.62. The number of amides is 1. The highest BCUT2D eigenvalue weighted by Crippen LogP contribution is 2.10. The number of carbonyl (C=O) groups is 3. The van der Waals surface area contributed by atoms with E-state index in [2.05, 4.69) is 12.2 Å². The molecule has 0 unspecified atom stereocenters. The van der Waals surface area contributed by atoms with Crippen LogP contribution in [0.4, 0.5) is 0 Å². The van der Waals surface area contributed by atoms with E-state index in [1.165, 1.54) is 32.1 Å². The molecule has 0 radical (unpaired) electrons. The molecule has 0 spiro atoms. The van der Waals surface area contributed by atoms with E-state index in [0.29, 0.717) is 19.3 Å². The Labute approximate surface area is 133 Å². The molecule has 0 bridgehead atoms. The summed E-state index contributed by atoms with van der Waals surface area (Å²) < 4.78 is 4.86. The maximum atomic E-state index is 11.7. The summed E-state index contributed by atoms with van der Waals surface area (Å²) in [4.78, 5) is 34.4. The number of ether oxygens (including phenoxy) is 1. The number of hydrogen-bond donors (Lipinski definition) is 1. The minimum atomic E-state index is -0.536. The van der Waals surface area contributed by atoms with Crippen LogP contribution in [0.2, 0.25) is 0 Å². The van der Waals surface area contributed by atoms with E-state index in [1.54, 1.807) is 0 Å². The lowest BCUT2D eigenvalue weighted by Gasteiger charge is -2.22. The van der Waals surface area contributed by atoms with Gasteiger partial charge in [-0.1, -0.05) is 51.9 Å². The topological polar surface area (TPSA) is 72.5 Å². The molecule has 1 rings (SSSR count). The highest BCUT2D eigenvalue weighted by Gasteiger charge is 2.23. The van der Waals surface area contributed by atoms with Gasteiger partial charge in [0.25, 0.3) is 5.91 Å². The lowest BCUT2D eigenvalue weighted by Crippen LogP contribution is -2.44. The first-order valence-corrected chi connectivity index (χ1v) is 8.62. The average molecular weight is 311 g/mol. The molecule has 1 heterocycles. The Morgan fingerprint density at radius 3 is 2.32 bits per heavy atom. The molecule has 1 aliphatic heterocycles. The van der Waals surface area contributed by atoms with Crippen LogP contribution in [0.3, 0.4) is 0 Å². The minimum absolute atomic E-state index is 0.176. The fourth-order valence-electron chi connectivity index (χ4n) is 2.55. The molecule has 0 aromatic rings. The number of unbranched alkanes of at least 4 members (excludes halogenated alkanes) is 7. The van der Waals surface area contributed by atoms with Gasteiger partial charge in [0.05, 0.1) is 6.04 Å². The Morgan fingerprint density at radius 2 is 1.73 bits per heavy atom. The fraction of sp³-hybridized carbons (Fsp3) is 0.824. The molecule has 1 aliphatic rings. The number of nitrogens with one attached hydrogen (secondary N) is 1. The third-order valence-electron chi connectivity index (χ3n) is 3.99. The monoisotopic (exact) mass is 311 g/mol. The Balaban J connectivity index is 2.02. The van der Waals surface area contributed by atoms with Crippen molar-refractivity contribution in [1.29, 1.82) is 0 Å². The number of Topliss-reactive ketones (excluding diaryl/α,β-unsaturated/α-hetero) is 1. The highest BCUT2D eigenvalue weighted by molar-refractivity contribution is 6.36. The molecule has 1 saturated heterocycles. The maximum Gasteiger partial charge on any atom is 0.305 e. The van der Waals surface area contributed by atoms with Crippen molar-refractivity contribution in [2.24, 2.45) is 0 Å². The second-order valence-electron chi connectivity index (χ2n) is 6.04. The lowest BCUT2D eigenvalue weighted by molar-refractivity contribution is -0.149. The summed E-state index contributed by atoms with van der Waals surface area (Å²) in [5.41, 5.74) is 0. The van der Waals surface area contributed by atoms with Gasteiger partial charge >= 0.3 is 5.97 Å². The zero-order valence-corrected chi connectivity index (χ0v) is 13.7. The van der Waals surface area contributed by atoms with Crippen molar-refractivity contribution in [2.45, 2.75) is 83.6 Å². The van der Waals surface area contributed by atoms with Gasteiger partial charge in [0.2, 0.25) is 5.78 Å². The van der Waals surface area contributed by atoms with Gasteiger partial charge in [0.1, 0.15) is 6.61 Å². The van der Waals surface area contributed by atoms with E-state index in [-0.39, 0.29) is 24.4 Å². The molecule has 1 fully saturated rings. The standard InChI is InChI=1S/C17H29NO4/c1-2-3-4-5-6-7-8-9-10-15(19)17(21)18-14-11-12-16(20)22-13-14/h14H,2-13H2,1H3,(H,18,21)/t14-/m0/s1. The maximum absolute atomic E-state index is 11.7. The molecule has 1 N–H and O–H groups in total. The van der Waals surface area contributed by atoms with Crippen LogP contribution < -0.4 is 5.32 Å². The molecule has 126 valence electrons. The summed E-state index contributed by atoms with van der Waals surface area (Å²) >= 11 is 0. The normalized spacial score (nSPS) is 17.9. The van der Waals surface area contributed by atoms with Gasteiger partial charge in [-0.05, 0) is 12.8 Å². The average Bonchev–Trinajstić information content (AvgIpc) is 2.52. The summed E-state index contributed by atoms with van der Waals surface area (Å²) in [5, 5.41) is 2.65. The fourth-order valence-corrected chi connectivity index (χ4v) is 2.55. The van der Waals surface area contributed by atoms with Crippen molar-refractivity contribution in [3.63, 3.8) is 0 Å². The first-order chi connectivity index (χ1) is 10.6. The molecule has 22 heavy (non-hydrogen) atoms. The van der Waals surface area contributed by atoms with Gasteiger partial charge in [-0.15, -0.1) is 0 Å². The summed E-state index contributed by atoms with van der Waals surface area (Å²) in [6, 6.07) is -0.215. The van der Waals surface area contributed by atoms with Gasteiger partial charge in [0, 0.05) is 12.8 Å². The van der Waals surface area contributed by atoms with Crippen molar-refractivity contribution >= 4 is 17.7 Å². The largest absolute Gasteiger partial charge is 0.463 e. The molecule has 0 aliphatic carbocycles. The van der Waals surface area contributed by atoms with Crippen LogP contribution in [0.15, 0.2) is 0 Å². The zero-order chi connectivity index (χ0) is 16.2. The third kappa shape index (κ3) is 8.15. The molecule has 1 atom stereocenters. The number of hydrogen-bond acceptors (Lipinski definition) is 4. The van der Waals surface area contributed by atoms with Crippen molar-refractivity contribution in [2.75, 3.05) is 6.61 Å². The van der Waals surface area contributed by atoms with Crippen molar-refractivity contribution in [1.82, 2.24) is 5.32 Å². The number of carbonyl (C=O) groups excluding carboxylic acids is 3. The van der Waals surface area contributed by atoms with E-state index >= 15 is 0 Å². The lowest BCUT2D eigenvalue weighted by atomic mass is 10.1. The summed E-state index contributed by atoms with van der Waals surface area (Å²) in [7, 11) is 0. The molecule has 5 heteroatoms. The van der Waals surface area contributed by atoms with Crippen LogP contribution in [0.5, 0.6) is 0 Å². The van der Waals surface area contributed by atoms with Gasteiger partial charge in [-0.3, -0.25) is 14.4 Å². The van der Waals surface area contributed by atoms with E-state index in [9.17, 15) is 14.4 Å². The van der Waals surface area contributed by atoms with Crippen LogP contribution >= 0.6 is 0 Å². The van der Waals surface area contributed by atoms with Crippen molar-refractivity contribution in [3.8, 4) is 0 Å². The zero-order valence-electron chi connectivity index (χ0n) is 13.7. The first kappa shape index (κ1) is 18.7. The van der Waals surface area contributed by atoms with E-state index in [4.69, 9.17) is 4.74 Å². The second-order valence-corrected chi connectivity index (χ2v) is 6.04. The predicted molar refractivity (Wildman–Crippen MR) is 84.4 cm³/mol. The quantitative estimate of drug-likeness (QED) is 0.362. The van der Waals surface area contributed by atoms with Crippen molar-refractivity contribution < 1.29 is 19.1 Å². The molecule has 0 aromatic heterocycles. The predicted octanol–water partition coefficient (Wildman–Crippen LogP) is 2.91. The molecular formula is C17H29NO4. The Bertz CT molecular complexity index is 358. The molecule has 5 nitrogen and oxygen atoms in total. The SMILES string of the molecule is CCCCCCCCCCC(=O)C(=O)N[C@H]1CCC(=O)OC1. The van der Waals surface area contributed by atoms with E-state index < -0.39 is 5.91 Å². The number of esters is 1. The number of rotatable bonds is 11. The third-order valence-corrected chi connectivity index (χ3v) is 3.99. The van der Waals surface area contributed by atoms with Crippen LogP contribution in [-0.2, 0) is 19.1 Å². The molecule has 1 amide bonds. The molecular weight excluding hydrogens is 282 g/mol. The summed E-state index contributed by atoms with van der Waals surface area (Å²) in [6.07, 6.45) is 10.4. The van der Waals surface area contributed by atoms with Gasteiger partial charge in [0.15, 0.2) is 0 Å². The Hall–Kier alpha value is -1.39. The van der Waals surface area contributed by atoms with E-state index in [1.807, 2.05) is 0 Å². The smallest absolute Gasteiger partial charge is 0.305 e. The van der Waals surface area contributed by atoms with Gasteiger partial charge < -0.3 is 10.1 Å². The number of ketones is 1. The Morgan fingerprint density at radius 1 is 1.09 bits per heavy atom. The molecule has 0 aromatic carbocycles. The van der Waals surface area contributed by atoms with Gasteiger partial charge in [-0.25, -0.2) is 0 Å². The van der Waals surface area contributed by atoms with Crippen LogP contribution in [0.1, 0.15) is 77.6 Å². The summed E-state index contributed by atoms with van der Waals surface area (Å²) in [5.74, 6) is -1.13. The molecule has 0 saturated carbocycles. The van der Waals surface area contributed by atoms with Gasteiger partial charge in [-0.2, -0.15) is 0 Å².